The number of carbonyl (C=O) groups excluding carboxylic acids is 2. The molecule has 0 unspecified atom stereocenters. The zero-order valence-electron chi connectivity index (χ0n) is 17.8. The highest BCUT2D eigenvalue weighted by molar-refractivity contribution is 6.23. The molecule has 0 spiro atoms. The smallest absolute Gasteiger partial charge is 0.269 e. The molecular formula is C25H21N3O5. The van der Waals surface area contributed by atoms with Gasteiger partial charge in [-0.05, 0) is 41.8 Å². The van der Waals surface area contributed by atoms with Gasteiger partial charge in [-0.25, -0.2) is 9.96 Å². The molecule has 2 aliphatic rings. The lowest BCUT2D eigenvalue weighted by atomic mass is 9.90. The van der Waals surface area contributed by atoms with E-state index in [4.69, 9.17) is 4.84 Å². The minimum atomic E-state index is -0.983. The van der Waals surface area contributed by atoms with Crippen LogP contribution in [0, 0.1) is 16.0 Å². The first-order chi connectivity index (χ1) is 16.0. The quantitative estimate of drug-likeness (QED) is 0.333. The Morgan fingerprint density at radius 1 is 0.879 bits per heavy atom. The summed E-state index contributed by atoms with van der Waals surface area (Å²) < 4.78 is 0. The third-order valence-electron chi connectivity index (χ3n) is 6.17. The van der Waals surface area contributed by atoms with E-state index in [1.54, 1.807) is 5.06 Å². The molecule has 33 heavy (non-hydrogen) atoms. The molecule has 0 aliphatic carbocycles. The number of hydrogen-bond acceptors (Lipinski definition) is 6. The van der Waals surface area contributed by atoms with Crippen molar-refractivity contribution in [3.8, 4) is 0 Å². The fraction of sp³-hybridized carbons (Fsp3) is 0.200. The number of nitro benzene ring substituents is 1. The molecule has 0 bridgehead atoms. The van der Waals surface area contributed by atoms with Gasteiger partial charge in [-0.2, -0.15) is 0 Å². The number of benzene rings is 3. The van der Waals surface area contributed by atoms with Crippen LogP contribution >= 0.6 is 0 Å². The van der Waals surface area contributed by atoms with Gasteiger partial charge >= 0.3 is 0 Å². The summed E-state index contributed by atoms with van der Waals surface area (Å²) in [5.74, 6) is -1.62. The third kappa shape index (κ3) is 3.44. The average molecular weight is 443 g/mol. The van der Waals surface area contributed by atoms with Crippen LogP contribution in [0.3, 0.4) is 0 Å². The van der Waals surface area contributed by atoms with Crippen LogP contribution in [0.15, 0.2) is 78.9 Å². The maximum Gasteiger partial charge on any atom is 0.269 e. The summed E-state index contributed by atoms with van der Waals surface area (Å²) in [5.41, 5.74) is 2.97. The number of nitrogens with zero attached hydrogens (tertiary/aromatic N) is 3. The van der Waals surface area contributed by atoms with Crippen LogP contribution in [0.1, 0.15) is 24.1 Å². The molecule has 166 valence electrons. The number of aryl methyl sites for hydroxylation is 1. The first-order valence-electron chi connectivity index (χ1n) is 10.7. The van der Waals surface area contributed by atoms with Gasteiger partial charge in [-0.3, -0.25) is 24.5 Å². The number of nitro groups is 1. The Morgan fingerprint density at radius 2 is 1.55 bits per heavy atom. The van der Waals surface area contributed by atoms with E-state index < -0.39 is 28.9 Å². The van der Waals surface area contributed by atoms with Crippen molar-refractivity contribution in [3.63, 3.8) is 0 Å². The van der Waals surface area contributed by atoms with Gasteiger partial charge in [-0.1, -0.05) is 49.4 Å². The summed E-state index contributed by atoms with van der Waals surface area (Å²) in [6.45, 7) is 2.07. The van der Waals surface area contributed by atoms with Crippen molar-refractivity contribution >= 4 is 28.9 Å². The highest BCUT2D eigenvalue weighted by atomic mass is 16.7. The summed E-state index contributed by atoms with van der Waals surface area (Å²) in [7, 11) is 0. The second kappa shape index (κ2) is 8.14. The van der Waals surface area contributed by atoms with Gasteiger partial charge in [-0.15, -0.1) is 0 Å². The van der Waals surface area contributed by atoms with E-state index in [1.807, 2.05) is 54.6 Å². The van der Waals surface area contributed by atoms with Crippen molar-refractivity contribution in [2.75, 3.05) is 9.96 Å². The number of imide groups is 1. The highest BCUT2D eigenvalue weighted by Crippen LogP contribution is 2.47. The van der Waals surface area contributed by atoms with Crippen molar-refractivity contribution in [2.45, 2.75) is 25.5 Å². The first kappa shape index (κ1) is 20.8. The monoisotopic (exact) mass is 443 g/mol. The van der Waals surface area contributed by atoms with Crippen molar-refractivity contribution in [1.29, 1.82) is 0 Å². The molecule has 8 nitrogen and oxygen atoms in total. The van der Waals surface area contributed by atoms with Crippen molar-refractivity contribution in [3.05, 3.63) is 100 Å². The number of hydroxylamine groups is 1. The molecule has 3 aromatic carbocycles. The van der Waals surface area contributed by atoms with Crippen LogP contribution in [-0.4, -0.2) is 22.8 Å². The molecule has 0 radical (unpaired) electrons. The summed E-state index contributed by atoms with van der Waals surface area (Å²) in [6, 6.07) is 22.2. The van der Waals surface area contributed by atoms with Gasteiger partial charge in [0, 0.05) is 12.1 Å². The zero-order valence-corrected chi connectivity index (χ0v) is 17.8. The van der Waals surface area contributed by atoms with Crippen molar-refractivity contribution in [2.24, 2.45) is 5.92 Å². The number of hydrogen-bond donors (Lipinski definition) is 0. The largest absolute Gasteiger partial charge is 0.273 e. The Labute approximate surface area is 190 Å². The number of carbonyl (C=O) groups is 2. The molecule has 2 heterocycles. The molecule has 0 aromatic heterocycles. The normalized spacial score (nSPS) is 22.0. The number of para-hydroxylation sites is 1. The van der Waals surface area contributed by atoms with E-state index in [1.165, 1.54) is 29.8 Å². The molecule has 2 aliphatic heterocycles. The van der Waals surface area contributed by atoms with E-state index >= 15 is 0 Å². The lowest BCUT2D eigenvalue weighted by Gasteiger charge is -2.28. The zero-order chi connectivity index (χ0) is 23.1. The molecule has 5 rings (SSSR count). The Morgan fingerprint density at radius 3 is 2.15 bits per heavy atom. The molecule has 3 atom stereocenters. The standard InChI is InChI=1S/C25H21N3O5/c1-2-16-8-10-17(11-9-16)22-21-23(33-27(22)19-6-4-3-5-7-19)25(30)26(24(21)29)18-12-14-20(15-13-18)28(31)32/h3-15,21-23H,2H2,1H3/t21-,22+,23+/m1/s1. The number of rotatable bonds is 5. The molecule has 8 heteroatoms. The van der Waals surface area contributed by atoms with Gasteiger partial charge in [0.1, 0.15) is 5.92 Å². The second-order valence-electron chi connectivity index (χ2n) is 8.04. The Hall–Kier alpha value is -4.04. The number of non-ortho nitro benzene ring substituents is 1. The van der Waals surface area contributed by atoms with Crippen LogP contribution in [0.5, 0.6) is 0 Å². The Bertz CT molecular complexity index is 1210. The molecule has 0 saturated carbocycles. The molecule has 2 fully saturated rings. The fourth-order valence-corrected chi connectivity index (χ4v) is 4.48. The number of fused-ring (bicyclic) bond motifs is 1. The maximum absolute atomic E-state index is 13.6. The number of amides is 2. The van der Waals surface area contributed by atoms with Gasteiger partial charge in [0.05, 0.1) is 22.3 Å². The maximum atomic E-state index is 13.6. The predicted octanol–water partition coefficient (Wildman–Crippen LogP) is 4.21. The lowest BCUT2D eigenvalue weighted by Crippen LogP contribution is -2.37. The van der Waals surface area contributed by atoms with Crippen molar-refractivity contribution < 1.29 is 19.3 Å². The molecular weight excluding hydrogens is 422 g/mol. The van der Waals surface area contributed by atoms with E-state index in [-0.39, 0.29) is 11.6 Å². The van der Waals surface area contributed by atoms with E-state index in [2.05, 4.69) is 6.92 Å². The third-order valence-corrected chi connectivity index (χ3v) is 6.17. The topological polar surface area (TPSA) is 93.0 Å². The first-order valence-corrected chi connectivity index (χ1v) is 10.7. The molecule has 3 aromatic rings. The van der Waals surface area contributed by atoms with Crippen LogP contribution in [0.2, 0.25) is 0 Å². The van der Waals surface area contributed by atoms with Crippen LogP contribution < -0.4 is 9.96 Å². The van der Waals surface area contributed by atoms with Crippen molar-refractivity contribution in [1.82, 2.24) is 0 Å². The van der Waals surface area contributed by atoms with Crippen LogP contribution in [-0.2, 0) is 20.8 Å². The van der Waals surface area contributed by atoms with Crippen LogP contribution in [0.25, 0.3) is 0 Å². The summed E-state index contributed by atoms with van der Waals surface area (Å²) in [5, 5.41) is 12.6. The van der Waals surface area contributed by atoms with E-state index in [0.29, 0.717) is 5.69 Å². The number of anilines is 2. The minimum Gasteiger partial charge on any atom is -0.273 e. The molecule has 0 N–H and O–H groups in total. The SMILES string of the molecule is CCc1ccc([C@H]2[C@H]3C(=O)N(c4ccc([N+](=O)[O-])cc4)C(=O)[C@H]3ON2c2ccccc2)cc1. The van der Waals surface area contributed by atoms with Gasteiger partial charge < -0.3 is 0 Å². The summed E-state index contributed by atoms with van der Waals surface area (Å²) >= 11 is 0. The van der Waals surface area contributed by atoms with E-state index in [0.717, 1.165) is 22.6 Å². The lowest BCUT2D eigenvalue weighted by molar-refractivity contribution is -0.384. The molecule has 2 saturated heterocycles. The molecule has 2 amide bonds. The van der Waals surface area contributed by atoms with E-state index in [9.17, 15) is 19.7 Å². The Balaban J connectivity index is 1.54. The van der Waals surface area contributed by atoms with Gasteiger partial charge in [0.25, 0.3) is 11.6 Å². The highest BCUT2D eigenvalue weighted by Gasteiger charge is 2.60. The average Bonchev–Trinajstić information content (AvgIpc) is 3.35. The fourth-order valence-electron chi connectivity index (χ4n) is 4.48. The summed E-state index contributed by atoms with van der Waals surface area (Å²) in [6.07, 6.45) is -0.0925. The van der Waals surface area contributed by atoms with Crippen LogP contribution in [0.4, 0.5) is 17.1 Å². The Kier molecular flexibility index (Phi) is 5.14. The second-order valence-corrected chi connectivity index (χ2v) is 8.04. The summed E-state index contributed by atoms with van der Waals surface area (Å²) in [4.78, 5) is 44.5. The van der Waals surface area contributed by atoms with Gasteiger partial charge in [0.2, 0.25) is 5.91 Å². The predicted molar refractivity (Wildman–Crippen MR) is 121 cm³/mol. The van der Waals surface area contributed by atoms with Gasteiger partial charge in [0.15, 0.2) is 6.10 Å². The minimum absolute atomic E-state index is 0.113.